The third-order valence-corrected chi connectivity index (χ3v) is 2.81. The van der Waals surface area contributed by atoms with Crippen molar-refractivity contribution >= 4 is 17.5 Å². The van der Waals surface area contributed by atoms with E-state index in [-0.39, 0.29) is 31.3 Å². The molecule has 0 unspecified atom stereocenters. The van der Waals surface area contributed by atoms with E-state index < -0.39 is 0 Å². The molecule has 0 aliphatic carbocycles. The van der Waals surface area contributed by atoms with Crippen molar-refractivity contribution in [2.24, 2.45) is 0 Å². The van der Waals surface area contributed by atoms with Gasteiger partial charge in [0.15, 0.2) is 0 Å². The van der Waals surface area contributed by atoms with E-state index in [1.54, 1.807) is 12.1 Å². The van der Waals surface area contributed by atoms with Crippen molar-refractivity contribution in [1.29, 1.82) is 0 Å². The molecule has 1 N–H and O–H groups in total. The lowest BCUT2D eigenvalue weighted by Crippen LogP contribution is -2.29. The van der Waals surface area contributed by atoms with Gasteiger partial charge in [0.1, 0.15) is 6.61 Å². The molecule has 92 valence electrons. The molecular weight excluding hydrogens is 230 g/mol. The lowest BCUT2D eigenvalue weighted by Gasteiger charge is -2.16. The lowest BCUT2D eigenvalue weighted by atomic mass is 10.1. The molecule has 0 radical (unpaired) electrons. The van der Waals surface area contributed by atoms with Crippen LogP contribution in [0.25, 0.3) is 0 Å². The highest BCUT2D eigenvalue weighted by molar-refractivity contribution is 6.20. The Morgan fingerprint density at radius 2 is 1.94 bits per heavy atom. The zero-order chi connectivity index (χ0) is 13.1. The second-order valence-corrected chi connectivity index (χ2v) is 4.08. The average Bonchev–Trinajstić information content (AvgIpc) is 2.68. The summed E-state index contributed by atoms with van der Waals surface area (Å²) in [6, 6.07) is 5.32. The Balaban J connectivity index is 2.43. The van der Waals surface area contributed by atoms with Crippen LogP contribution in [0.5, 0.6) is 0 Å². The Morgan fingerprint density at radius 3 is 2.56 bits per heavy atom. The third kappa shape index (κ3) is 2.27. The predicted octanol–water partition coefficient (Wildman–Crippen LogP) is 0.992. The zero-order valence-electron chi connectivity index (χ0n) is 10.1. The Hall–Kier alpha value is -2.12. The van der Waals surface area contributed by atoms with Crippen LogP contribution in [-0.2, 0) is 9.59 Å². The summed E-state index contributed by atoms with van der Waals surface area (Å²) in [5.74, 6) is 4.97. The van der Waals surface area contributed by atoms with Crippen LogP contribution in [0.2, 0.25) is 0 Å². The second kappa shape index (κ2) is 5.03. The third-order valence-electron chi connectivity index (χ3n) is 2.81. The van der Waals surface area contributed by atoms with Crippen molar-refractivity contribution < 1.29 is 14.7 Å². The molecule has 1 aliphatic rings. The molecule has 1 saturated heterocycles. The quantitative estimate of drug-likeness (QED) is 0.591. The van der Waals surface area contributed by atoms with Gasteiger partial charge in [-0.1, -0.05) is 17.9 Å². The number of anilines is 1. The maximum Gasteiger partial charge on any atom is 0.234 e. The van der Waals surface area contributed by atoms with Crippen molar-refractivity contribution in [3.63, 3.8) is 0 Å². The van der Waals surface area contributed by atoms with Gasteiger partial charge >= 0.3 is 0 Å². The minimum absolute atomic E-state index is 0.171. The molecule has 1 aliphatic heterocycles. The average molecular weight is 243 g/mol. The maximum atomic E-state index is 11.7. The fourth-order valence-electron chi connectivity index (χ4n) is 1.91. The zero-order valence-corrected chi connectivity index (χ0v) is 10.1. The largest absolute Gasteiger partial charge is 0.384 e. The van der Waals surface area contributed by atoms with E-state index in [1.165, 1.54) is 4.90 Å². The molecule has 0 bridgehead atoms. The molecule has 1 aromatic rings. The summed E-state index contributed by atoms with van der Waals surface area (Å²) in [5, 5.41) is 8.65. The van der Waals surface area contributed by atoms with Gasteiger partial charge in [0.25, 0.3) is 0 Å². The molecule has 1 aromatic carbocycles. The number of carbonyl (C=O) groups excluding carboxylic acids is 2. The van der Waals surface area contributed by atoms with Crippen LogP contribution in [0.3, 0.4) is 0 Å². The summed E-state index contributed by atoms with van der Waals surface area (Å²) in [4.78, 5) is 24.6. The highest BCUT2D eigenvalue weighted by atomic mass is 16.2. The monoisotopic (exact) mass is 243 g/mol. The summed E-state index contributed by atoms with van der Waals surface area (Å²) >= 11 is 0. The maximum absolute atomic E-state index is 11.7. The van der Waals surface area contributed by atoms with E-state index in [9.17, 15) is 9.59 Å². The first kappa shape index (κ1) is 12.3. The van der Waals surface area contributed by atoms with Gasteiger partial charge in [0.2, 0.25) is 11.8 Å². The van der Waals surface area contributed by atoms with Gasteiger partial charge in [0.05, 0.1) is 5.69 Å². The first-order valence-electron chi connectivity index (χ1n) is 5.69. The van der Waals surface area contributed by atoms with Gasteiger partial charge in [-0.3, -0.25) is 14.5 Å². The van der Waals surface area contributed by atoms with Gasteiger partial charge < -0.3 is 5.11 Å². The molecule has 2 rings (SSSR count). The van der Waals surface area contributed by atoms with Gasteiger partial charge in [-0.2, -0.15) is 0 Å². The minimum atomic E-state index is -0.217. The van der Waals surface area contributed by atoms with E-state index >= 15 is 0 Å². The smallest absolute Gasteiger partial charge is 0.234 e. The molecule has 0 spiro atoms. The number of aliphatic hydroxyl groups is 1. The van der Waals surface area contributed by atoms with E-state index in [0.717, 1.165) is 5.56 Å². The SMILES string of the molecule is Cc1ccc(C#CCO)cc1N1C(=O)CCC1=O. The van der Waals surface area contributed by atoms with Crippen LogP contribution < -0.4 is 4.90 Å². The van der Waals surface area contributed by atoms with Crippen molar-refractivity contribution in [3.8, 4) is 11.8 Å². The van der Waals surface area contributed by atoms with E-state index in [2.05, 4.69) is 11.8 Å². The first-order valence-corrected chi connectivity index (χ1v) is 5.69. The van der Waals surface area contributed by atoms with Gasteiger partial charge in [0, 0.05) is 18.4 Å². The lowest BCUT2D eigenvalue weighted by molar-refractivity contribution is -0.121. The number of hydrogen-bond donors (Lipinski definition) is 1. The Labute approximate surface area is 105 Å². The van der Waals surface area contributed by atoms with Crippen molar-refractivity contribution in [2.75, 3.05) is 11.5 Å². The highest BCUT2D eigenvalue weighted by Crippen LogP contribution is 2.26. The van der Waals surface area contributed by atoms with Crippen molar-refractivity contribution in [3.05, 3.63) is 29.3 Å². The van der Waals surface area contributed by atoms with Crippen LogP contribution in [0.1, 0.15) is 24.0 Å². The van der Waals surface area contributed by atoms with Crippen LogP contribution in [0.15, 0.2) is 18.2 Å². The molecular formula is C14H13NO3. The fourth-order valence-corrected chi connectivity index (χ4v) is 1.91. The molecule has 4 heteroatoms. The fraction of sp³-hybridized carbons (Fsp3) is 0.286. The molecule has 4 nitrogen and oxygen atoms in total. The number of carbonyl (C=O) groups is 2. The summed E-state index contributed by atoms with van der Waals surface area (Å²) in [5.41, 5.74) is 2.12. The number of imide groups is 1. The number of nitrogens with zero attached hydrogens (tertiary/aromatic N) is 1. The van der Waals surface area contributed by atoms with Gasteiger partial charge in [-0.25, -0.2) is 0 Å². The number of amides is 2. The molecule has 18 heavy (non-hydrogen) atoms. The first-order chi connectivity index (χ1) is 8.63. The summed E-state index contributed by atoms with van der Waals surface area (Å²) in [6.45, 7) is 1.63. The molecule has 0 aromatic heterocycles. The second-order valence-electron chi connectivity index (χ2n) is 4.08. The predicted molar refractivity (Wildman–Crippen MR) is 66.9 cm³/mol. The highest BCUT2D eigenvalue weighted by Gasteiger charge is 2.31. The van der Waals surface area contributed by atoms with Gasteiger partial charge in [-0.05, 0) is 24.6 Å². The van der Waals surface area contributed by atoms with E-state index in [1.807, 2.05) is 13.0 Å². The Kier molecular flexibility index (Phi) is 3.45. The van der Waals surface area contributed by atoms with Crippen LogP contribution in [0.4, 0.5) is 5.69 Å². The molecule has 2 amide bonds. The van der Waals surface area contributed by atoms with E-state index in [4.69, 9.17) is 5.11 Å². The molecule has 0 atom stereocenters. The standard InChI is InChI=1S/C14H13NO3/c1-10-4-5-11(3-2-8-16)9-12(10)15-13(17)6-7-14(15)18/h4-5,9,16H,6-8H2,1H3. The van der Waals surface area contributed by atoms with E-state index in [0.29, 0.717) is 11.3 Å². The van der Waals surface area contributed by atoms with Crippen molar-refractivity contribution in [2.45, 2.75) is 19.8 Å². The van der Waals surface area contributed by atoms with Crippen molar-refractivity contribution in [1.82, 2.24) is 0 Å². The summed E-state index contributed by atoms with van der Waals surface area (Å²) in [6.07, 6.45) is 0.537. The molecule has 1 heterocycles. The number of benzene rings is 1. The Morgan fingerprint density at radius 1 is 1.28 bits per heavy atom. The van der Waals surface area contributed by atoms with Crippen LogP contribution in [0, 0.1) is 18.8 Å². The normalized spacial score (nSPS) is 14.7. The number of aliphatic hydroxyl groups excluding tert-OH is 1. The minimum Gasteiger partial charge on any atom is -0.384 e. The number of hydrogen-bond acceptors (Lipinski definition) is 3. The summed E-state index contributed by atoms with van der Waals surface area (Å²) < 4.78 is 0. The van der Waals surface area contributed by atoms with Crippen LogP contribution >= 0.6 is 0 Å². The number of rotatable bonds is 1. The summed E-state index contributed by atoms with van der Waals surface area (Å²) in [7, 11) is 0. The topological polar surface area (TPSA) is 57.6 Å². The van der Waals surface area contributed by atoms with Gasteiger partial charge in [-0.15, -0.1) is 0 Å². The Bertz CT molecular complexity index is 550. The van der Waals surface area contributed by atoms with Crippen LogP contribution in [-0.4, -0.2) is 23.5 Å². The number of aryl methyl sites for hydroxylation is 1. The molecule has 0 saturated carbocycles. The molecule has 1 fully saturated rings.